The maximum Gasteiger partial charge on any atom is 0.345 e. The number of para-hydroxylation sites is 1. The molecule has 2 rings (SSSR count). The van der Waals surface area contributed by atoms with Crippen molar-refractivity contribution in [3.05, 3.63) is 39.4 Å². The number of amides is 1. The second-order valence-electron chi connectivity index (χ2n) is 6.75. The Balaban J connectivity index is 1.95. The van der Waals surface area contributed by atoms with Gasteiger partial charge in [0.2, 0.25) is 0 Å². The first-order valence-electron chi connectivity index (χ1n) is 8.51. The normalized spacial score (nSPS) is 22.9. The van der Waals surface area contributed by atoms with E-state index >= 15 is 0 Å². The number of hydrogen-bond acceptors (Lipinski definition) is 5. The van der Waals surface area contributed by atoms with Crippen molar-refractivity contribution in [3.63, 3.8) is 0 Å². The SMILES string of the molecule is Cc1cccc(C(=O)OCC(=O)N[C@@H]2CCC[C@@H](C)[C@@H]2C)c1[N+](=O)[O-]. The molecule has 25 heavy (non-hydrogen) atoms. The minimum atomic E-state index is -0.865. The number of carbonyl (C=O) groups excluding carboxylic acids is 2. The fourth-order valence-electron chi connectivity index (χ4n) is 3.31. The number of esters is 1. The van der Waals surface area contributed by atoms with E-state index in [1.807, 2.05) is 0 Å². The van der Waals surface area contributed by atoms with Gasteiger partial charge in [0, 0.05) is 11.6 Å². The highest BCUT2D eigenvalue weighted by Gasteiger charge is 2.29. The lowest BCUT2D eigenvalue weighted by Gasteiger charge is -2.34. The minimum absolute atomic E-state index is 0.0725. The van der Waals surface area contributed by atoms with Crippen molar-refractivity contribution in [2.24, 2.45) is 11.8 Å². The molecule has 0 saturated heterocycles. The van der Waals surface area contributed by atoms with Crippen LogP contribution in [0.3, 0.4) is 0 Å². The standard InChI is InChI=1S/C18H24N2O5/c1-11-6-5-9-15(13(11)3)19-16(21)10-25-18(22)14-8-4-7-12(2)17(14)20(23)24/h4,7-8,11,13,15H,5-6,9-10H2,1-3H3,(H,19,21)/t11-,13+,15-/m1/s1. The van der Waals surface area contributed by atoms with Gasteiger partial charge in [-0.2, -0.15) is 0 Å². The molecule has 1 aromatic rings. The number of nitrogens with one attached hydrogen (secondary N) is 1. The average Bonchev–Trinajstić information content (AvgIpc) is 2.56. The molecule has 1 aliphatic rings. The fraction of sp³-hybridized carbons (Fsp3) is 0.556. The van der Waals surface area contributed by atoms with E-state index in [1.165, 1.54) is 6.07 Å². The summed E-state index contributed by atoms with van der Waals surface area (Å²) in [5.41, 5.74) is -0.0611. The minimum Gasteiger partial charge on any atom is -0.452 e. The molecule has 7 nitrogen and oxygen atoms in total. The Morgan fingerprint density at radius 1 is 1.32 bits per heavy atom. The van der Waals surface area contributed by atoms with Gasteiger partial charge in [0.05, 0.1) is 4.92 Å². The molecular formula is C18H24N2O5. The van der Waals surface area contributed by atoms with Gasteiger partial charge in [-0.05, 0) is 31.2 Å². The Bertz CT molecular complexity index is 673. The summed E-state index contributed by atoms with van der Waals surface area (Å²) in [4.78, 5) is 34.7. The summed E-state index contributed by atoms with van der Waals surface area (Å²) in [6.45, 7) is 5.38. The second kappa shape index (κ2) is 8.09. The molecule has 0 unspecified atom stereocenters. The van der Waals surface area contributed by atoms with Crippen LogP contribution >= 0.6 is 0 Å². The Kier molecular flexibility index (Phi) is 6.12. The first kappa shape index (κ1) is 18.9. The summed E-state index contributed by atoms with van der Waals surface area (Å²) in [7, 11) is 0. The molecule has 0 heterocycles. The zero-order valence-corrected chi connectivity index (χ0v) is 14.8. The molecule has 0 radical (unpaired) electrons. The van der Waals surface area contributed by atoms with Crippen molar-refractivity contribution in [1.82, 2.24) is 5.32 Å². The highest BCUT2D eigenvalue weighted by molar-refractivity contribution is 5.95. The highest BCUT2D eigenvalue weighted by atomic mass is 16.6. The van der Waals surface area contributed by atoms with Crippen LogP contribution < -0.4 is 5.32 Å². The molecular weight excluding hydrogens is 324 g/mol. The van der Waals surface area contributed by atoms with Crippen LogP contribution in [0.1, 0.15) is 49.0 Å². The van der Waals surface area contributed by atoms with E-state index in [1.54, 1.807) is 19.1 Å². The summed E-state index contributed by atoms with van der Waals surface area (Å²) < 4.78 is 4.98. The van der Waals surface area contributed by atoms with Crippen LogP contribution in [-0.4, -0.2) is 29.4 Å². The lowest BCUT2D eigenvalue weighted by atomic mass is 9.78. The van der Waals surface area contributed by atoms with Crippen molar-refractivity contribution < 1.29 is 19.2 Å². The number of hydrogen-bond donors (Lipinski definition) is 1. The molecule has 0 aromatic heterocycles. The zero-order chi connectivity index (χ0) is 18.6. The number of ether oxygens (including phenoxy) is 1. The van der Waals surface area contributed by atoms with Gasteiger partial charge >= 0.3 is 5.97 Å². The van der Waals surface area contributed by atoms with Gasteiger partial charge in [-0.3, -0.25) is 14.9 Å². The van der Waals surface area contributed by atoms with Crippen LogP contribution in [0.5, 0.6) is 0 Å². The number of rotatable bonds is 5. The summed E-state index contributed by atoms with van der Waals surface area (Å²) in [5.74, 6) is -0.340. The molecule has 136 valence electrons. The van der Waals surface area contributed by atoms with Crippen LogP contribution in [0.15, 0.2) is 18.2 Å². The molecule has 0 spiro atoms. The summed E-state index contributed by atoms with van der Waals surface area (Å²) >= 11 is 0. The predicted octanol–water partition coefficient (Wildman–Crippen LogP) is 3.00. The van der Waals surface area contributed by atoms with Gasteiger partial charge < -0.3 is 10.1 Å². The lowest BCUT2D eigenvalue weighted by molar-refractivity contribution is -0.385. The summed E-state index contributed by atoms with van der Waals surface area (Å²) in [5, 5.41) is 14.0. The van der Waals surface area contributed by atoms with Crippen molar-refractivity contribution in [2.45, 2.75) is 46.1 Å². The van der Waals surface area contributed by atoms with Crippen molar-refractivity contribution in [3.8, 4) is 0 Å². The van der Waals surface area contributed by atoms with Crippen LogP contribution in [-0.2, 0) is 9.53 Å². The quantitative estimate of drug-likeness (QED) is 0.501. The molecule has 1 amide bonds. The summed E-state index contributed by atoms with van der Waals surface area (Å²) in [6, 6.07) is 4.50. The van der Waals surface area contributed by atoms with Crippen molar-refractivity contribution in [1.29, 1.82) is 0 Å². The Morgan fingerprint density at radius 3 is 2.72 bits per heavy atom. The van der Waals surface area contributed by atoms with Crippen LogP contribution in [0.4, 0.5) is 5.69 Å². The van der Waals surface area contributed by atoms with Crippen LogP contribution in [0.25, 0.3) is 0 Å². The van der Waals surface area contributed by atoms with Crippen LogP contribution in [0.2, 0.25) is 0 Å². The second-order valence-corrected chi connectivity index (χ2v) is 6.75. The third-order valence-corrected chi connectivity index (χ3v) is 5.03. The number of benzene rings is 1. The third kappa shape index (κ3) is 4.55. The number of nitrogens with zero attached hydrogens (tertiary/aromatic N) is 1. The first-order valence-corrected chi connectivity index (χ1v) is 8.51. The van der Waals surface area contributed by atoms with Crippen LogP contribution in [0, 0.1) is 28.9 Å². The fourth-order valence-corrected chi connectivity index (χ4v) is 3.31. The van der Waals surface area contributed by atoms with E-state index in [2.05, 4.69) is 19.2 Å². The largest absolute Gasteiger partial charge is 0.452 e. The van der Waals surface area contributed by atoms with Gasteiger partial charge in [-0.15, -0.1) is 0 Å². The van der Waals surface area contributed by atoms with E-state index in [0.717, 1.165) is 19.3 Å². The molecule has 3 atom stereocenters. The van der Waals surface area contributed by atoms with Gasteiger partial charge in [-0.25, -0.2) is 4.79 Å². The van der Waals surface area contributed by atoms with Gasteiger partial charge in [0.25, 0.3) is 11.6 Å². The first-order chi connectivity index (χ1) is 11.8. The highest BCUT2D eigenvalue weighted by Crippen LogP contribution is 2.29. The van der Waals surface area contributed by atoms with Gasteiger partial charge in [-0.1, -0.05) is 38.8 Å². The van der Waals surface area contributed by atoms with E-state index in [-0.39, 0.29) is 23.2 Å². The third-order valence-electron chi connectivity index (χ3n) is 5.03. The molecule has 1 saturated carbocycles. The molecule has 1 fully saturated rings. The smallest absolute Gasteiger partial charge is 0.345 e. The number of nitro benzene ring substituents is 1. The maximum absolute atomic E-state index is 12.1. The monoisotopic (exact) mass is 348 g/mol. The Morgan fingerprint density at radius 2 is 2.04 bits per heavy atom. The van der Waals surface area contributed by atoms with Crippen molar-refractivity contribution in [2.75, 3.05) is 6.61 Å². The van der Waals surface area contributed by atoms with Gasteiger partial charge in [0.15, 0.2) is 6.61 Å². The molecule has 7 heteroatoms. The zero-order valence-electron chi connectivity index (χ0n) is 14.8. The summed E-state index contributed by atoms with van der Waals surface area (Å²) in [6.07, 6.45) is 3.12. The molecule has 1 N–H and O–H groups in total. The maximum atomic E-state index is 12.1. The topological polar surface area (TPSA) is 98.5 Å². The van der Waals surface area contributed by atoms with E-state index in [9.17, 15) is 19.7 Å². The predicted molar refractivity (Wildman–Crippen MR) is 92.2 cm³/mol. The lowest BCUT2D eigenvalue weighted by Crippen LogP contribution is -2.45. The molecule has 0 bridgehead atoms. The Hall–Kier alpha value is -2.44. The molecule has 1 aromatic carbocycles. The molecule has 1 aliphatic carbocycles. The van der Waals surface area contributed by atoms with E-state index < -0.39 is 17.5 Å². The van der Waals surface area contributed by atoms with E-state index in [4.69, 9.17) is 4.74 Å². The molecule has 0 aliphatic heterocycles. The average molecular weight is 348 g/mol. The number of carbonyl (C=O) groups is 2. The Labute approximate surface area is 146 Å². The number of nitro groups is 1. The number of aryl methyl sites for hydroxylation is 1. The van der Waals surface area contributed by atoms with Crippen molar-refractivity contribution >= 4 is 17.6 Å². The van der Waals surface area contributed by atoms with E-state index in [0.29, 0.717) is 17.4 Å². The van der Waals surface area contributed by atoms with Gasteiger partial charge in [0.1, 0.15) is 5.56 Å².